The number of hydrogen-bond donors (Lipinski definition) is 0. The SMILES string of the molecule is c1ccc(-c2ccc(N(c3ccc(-c4ccccc4)cc3)c3cccc(-c4ccccc4-n4c5cccc(-c6ccccc6)c5c5c6ccccc6ccc54)c3)cc2)cc1. The smallest absolute Gasteiger partial charge is 0.0548 e. The lowest BCUT2D eigenvalue weighted by molar-refractivity contribution is 1.18. The fourth-order valence-electron chi connectivity index (χ4n) is 8.99. The van der Waals surface area contributed by atoms with Gasteiger partial charge in [-0.3, -0.25) is 0 Å². The minimum atomic E-state index is 1.09. The molecule has 0 N–H and O–H groups in total. The molecule has 0 radical (unpaired) electrons. The van der Waals surface area contributed by atoms with E-state index in [9.17, 15) is 0 Å². The van der Waals surface area contributed by atoms with E-state index < -0.39 is 0 Å². The molecule has 0 aliphatic rings. The number of benzene rings is 10. The van der Waals surface area contributed by atoms with Gasteiger partial charge in [-0.25, -0.2) is 0 Å². The topological polar surface area (TPSA) is 8.17 Å². The molecule has 0 bridgehead atoms. The van der Waals surface area contributed by atoms with Crippen LogP contribution in [0.5, 0.6) is 0 Å². The molecular weight excluding hydrogens is 725 g/mol. The van der Waals surface area contributed by atoms with Crippen LogP contribution < -0.4 is 4.90 Å². The van der Waals surface area contributed by atoms with Gasteiger partial charge in [0.05, 0.1) is 16.7 Å². The first-order valence-electron chi connectivity index (χ1n) is 20.6. The third kappa shape index (κ3) is 6.23. The average molecular weight is 765 g/mol. The maximum absolute atomic E-state index is 2.48. The van der Waals surface area contributed by atoms with Crippen molar-refractivity contribution in [1.82, 2.24) is 4.57 Å². The van der Waals surface area contributed by atoms with Crippen molar-refractivity contribution in [3.63, 3.8) is 0 Å². The summed E-state index contributed by atoms with van der Waals surface area (Å²) in [5.74, 6) is 0. The van der Waals surface area contributed by atoms with Crippen LogP contribution in [0.2, 0.25) is 0 Å². The molecule has 2 nitrogen and oxygen atoms in total. The van der Waals surface area contributed by atoms with E-state index in [1.165, 1.54) is 66.0 Å². The van der Waals surface area contributed by atoms with Crippen LogP contribution >= 0.6 is 0 Å². The first-order chi connectivity index (χ1) is 29.8. The summed E-state index contributed by atoms with van der Waals surface area (Å²) in [5.41, 5.74) is 16.3. The van der Waals surface area contributed by atoms with Crippen molar-refractivity contribution in [2.24, 2.45) is 0 Å². The quantitative estimate of drug-likeness (QED) is 0.150. The fourth-order valence-corrected chi connectivity index (χ4v) is 8.99. The van der Waals surface area contributed by atoms with E-state index in [0.29, 0.717) is 0 Å². The van der Waals surface area contributed by atoms with Gasteiger partial charge >= 0.3 is 0 Å². The molecule has 0 fully saturated rings. The van der Waals surface area contributed by atoms with Crippen molar-refractivity contribution in [2.45, 2.75) is 0 Å². The molecule has 0 aliphatic carbocycles. The normalized spacial score (nSPS) is 11.3. The molecule has 0 amide bonds. The lowest BCUT2D eigenvalue weighted by Crippen LogP contribution is -2.10. The van der Waals surface area contributed by atoms with Crippen LogP contribution in [0.3, 0.4) is 0 Å². The lowest BCUT2D eigenvalue weighted by Gasteiger charge is -2.27. The molecule has 60 heavy (non-hydrogen) atoms. The van der Waals surface area contributed by atoms with Crippen molar-refractivity contribution in [3.8, 4) is 50.2 Å². The van der Waals surface area contributed by atoms with E-state index in [-0.39, 0.29) is 0 Å². The third-order valence-corrected chi connectivity index (χ3v) is 11.8. The lowest BCUT2D eigenvalue weighted by atomic mass is 9.97. The highest BCUT2D eigenvalue weighted by molar-refractivity contribution is 6.25. The minimum absolute atomic E-state index is 1.09. The van der Waals surface area contributed by atoms with E-state index in [1.54, 1.807) is 0 Å². The van der Waals surface area contributed by atoms with Crippen LogP contribution in [0.15, 0.2) is 243 Å². The molecule has 0 atom stereocenters. The Balaban J connectivity index is 1.09. The van der Waals surface area contributed by atoms with Gasteiger partial charge in [-0.15, -0.1) is 0 Å². The zero-order valence-corrected chi connectivity index (χ0v) is 33.0. The van der Waals surface area contributed by atoms with Crippen molar-refractivity contribution in [1.29, 1.82) is 0 Å². The Labute approximate surface area is 350 Å². The van der Waals surface area contributed by atoms with Crippen LogP contribution in [-0.2, 0) is 0 Å². The summed E-state index contributed by atoms with van der Waals surface area (Å²) >= 11 is 0. The predicted octanol–water partition coefficient (Wildman–Crippen LogP) is 16.1. The van der Waals surface area contributed by atoms with Gasteiger partial charge in [-0.1, -0.05) is 188 Å². The van der Waals surface area contributed by atoms with Crippen molar-refractivity contribution >= 4 is 49.6 Å². The molecular formula is C58H40N2. The monoisotopic (exact) mass is 764 g/mol. The first kappa shape index (κ1) is 35.2. The van der Waals surface area contributed by atoms with Crippen LogP contribution in [0.25, 0.3) is 82.8 Å². The van der Waals surface area contributed by atoms with Crippen LogP contribution in [-0.4, -0.2) is 4.57 Å². The summed E-state index contributed by atoms with van der Waals surface area (Å²) in [6.07, 6.45) is 0. The van der Waals surface area contributed by atoms with Gasteiger partial charge in [0.1, 0.15) is 0 Å². The Bertz CT molecular complexity index is 3190. The van der Waals surface area contributed by atoms with Gasteiger partial charge in [0.25, 0.3) is 0 Å². The second-order valence-corrected chi connectivity index (χ2v) is 15.3. The first-order valence-corrected chi connectivity index (χ1v) is 20.6. The summed E-state index contributed by atoms with van der Waals surface area (Å²) in [6.45, 7) is 0. The molecule has 10 aromatic carbocycles. The van der Waals surface area contributed by atoms with Gasteiger partial charge in [0, 0.05) is 33.4 Å². The number of anilines is 3. The van der Waals surface area contributed by atoms with Gasteiger partial charge in [0.15, 0.2) is 0 Å². The molecule has 0 saturated carbocycles. The zero-order chi connectivity index (χ0) is 39.8. The molecule has 0 spiro atoms. The Morgan fingerprint density at radius 2 is 0.783 bits per heavy atom. The number of para-hydroxylation sites is 1. The molecule has 0 aliphatic heterocycles. The third-order valence-electron chi connectivity index (χ3n) is 11.8. The summed E-state index contributed by atoms with van der Waals surface area (Å²) in [5, 5.41) is 5.04. The van der Waals surface area contributed by atoms with Crippen molar-refractivity contribution in [3.05, 3.63) is 243 Å². The number of rotatable bonds is 8. The summed E-state index contributed by atoms with van der Waals surface area (Å²) in [7, 11) is 0. The van der Waals surface area contributed by atoms with Gasteiger partial charge in [-0.05, 0) is 104 Å². The number of fused-ring (bicyclic) bond motifs is 5. The van der Waals surface area contributed by atoms with Gasteiger partial charge in [-0.2, -0.15) is 0 Å². The van der Waals surface area contributed by atoms with E-state index in [1.807, 2.05) is 0 Å². The summed E-state index contributed by atoms with van der Waals surface area (Å²) in [4.78, 5) is 2.37. The molecule has 1 heterocycles. The molecule has 1 aromatic heterocycles. The molecule has 11 rings (SSSR count). The fraction of sp³-hybridized carbons (Fsp3) is 0. The van der Waals surface area contributed by atoms with Gasteiger partial charge < -0.3 is 9.47 Å². The zero-order valence-electron chi connectivity index (χ0n) is 33.0. The van der Waals surface area contributed by atoms with Crippen molar-refractivity contribution < 1.29 is 0 Å². The molecule has 282 valence electrons. The Morgan fingerprint density at radius 3 is 1.45 bits per heavy atom. The van der Waals surface area contributed by atoms with Gasteiger partial charge in [0.2, 0.25) is 0 Å². The summed E-state index contributed by atoms with van der Waals surface area (Å²) in [6, 6.07) is 87.8. The Morgan fingerprint density at radius 1 is 0.283 bits per heavy atom. The highest BCUT2D eigenvalue weighted by Crippen LogP contribution is 2.44. The standard InChI is InChI=1S/C58H40N2/c1-4-16-41(17-5-1)43-30-35-48(36-31-43)59(49-37-32-44(33-38-49)42-18-6-2-7-19-42)50-24-14-23-47(40-50)51-25-12-13-28-54(51)60-55-29-15-27-53(45-20-8-3-9-21-45)57(55)58-52-26-11-10-22-46(52)34-39-56(58)60/h1-40H. The van der Waals surface area contributed by atoms with E-state index >= 15 is 0 Å². The van der Waals surface area contributed by atoms with Crippen LogP contribution in [0.1, 0.15) is 0 Å². The second kappa shape index (κ2) is 15.1. The molecule has 11 aromatic rings. The van der Waals surface area contributed by atoms with Crippen LogP contribution in [0, 0.1) is 0 Å². The van der Waals surface area contributed by atoms with E-state index in [0.717, 1.165) is 33.9 Å². The summed E-state index contributed by atoms with van der Waals surface area (Å²) < 4.78 is 2.48. The predicted molar refractivity (Wildman–Crippen MR) is 255 cm³/mol. The van der Waals surface area contributed by atoms with Crippen molar-refractivity contribution in [2.75, 3.05) is 4.90 Å². The molecule has 0 unspecified atom stereocenters. The highest BCUT2D eigenvalue weighted by Gasteiger charge is 2.21. The largest absolute Gasteiger partial charge is 0.310 e. The van der Waals surface area contributed by atoms with Crippen LogP contribution in [0.4, 0.5) is 17.1 Å². The Kier molecular flexibility index (Phi) is 8.87. The maximum Gasteiger partial charge on any atom is 0.0548 e. The average Bonchev–Trinajstić information content (AvgIpc) is 3.68. The molecule has 2 heteroatoms. The highest BCUT2D eigenvalue weighted by atomic mass is 15.1. The minimum Gasteiger partial charge on any atom is -0.310 e. The molecule has 0 saturated heterocycles. The van der Waals surface area contributed by atoms with E-state index in [2.05, 4.69) is 252 Å². The maximum atomic E-state index is 2.48. The second-order valence-electron chi connectivity index (χ2n) is 15.3. The number of nitrogens with zero attached hydrogens (tertiary/aromatic N) is 2. The Hall–Kier alpha value is -7.94. The number of hydrogen-bond acceptors (Lipinski definition) is 1. The number of aromatic nitrogens is 1. The van der Waals surface area contributed by atoms with E-state index in [4.69, 9.17) is 0 Å².